The molecule has 3 rings (SSSR count). The van der Waals surface area contributed by atoms with Crippen LogP contribution < -0.4 is 0 Å². The summed E-state index contributed by atoms with van der Waals surface area (Å²) < 4.78 is 0. The molecule has 25 heavy (non-hydrogen) atoms. The zero-order valence-corrected chi connectivity index (χ0v) is 14.2. The maximum absolute atomic E-state index is 12.3. The predicted molar refractivity (Wildman–Crippen MR) is 93.0 cm³/mol. The number of nitrogens with zero attached hydrogens (tertiary/aromatic N) is 3. The van der Waals surface area contributed by atoms with Crippen LogP contribution in [0.2, 0.25) is 0 Å². The molecular formula is C15H12ClN3O5S. The van der Waals surface area contributed by atoms with E-state index in [9.17, 15) is 24.8 Å². The van der Waals surface area contributed by atoms with Gasteiger partial charge in [0.15, 0.2) is 6.04 Å². The number of benzene rings is 1. The molecule has 0 aliphatic carbocycles. The van der Waals surface area contributed by atoms with E-state index in [2.05, 4.69) is 4.99 Å². The average molecular weight is 382 g/mol. The number of carbonyl (C=O) groups is 2. The second-order valence-corrected chi connectivity index (χ2v) is 6.75. The van der Waals surface area contributed by atoms with Crippen molar-refractivity contribution in [1.82, 2.24) is 4.90 Å². The van der Waals surface area contributed by atoms with Crippen molar-refractivity contribution in [2.45, 2.75) is 11.4 Å². The van der Waals surface area contributed by atoms with E-state index in [1.54, 1.807) is 6.07 Å². The molecule has 0 saturated carbocycles. The number of hydrogen-bond donors (Lipinski definition) is 1. The number of β-lactam (4-membered cyclic amide) rings is 1. The number of nitro benzene ring substituents is 1. The van der Waals surface area contributed by atoms with Gasteiger partial charge in [-0.1, -0.05) is 12.1 Å². The summed E-state index contributed by atoms with van der Waals surface area (Å²) in [6, 6.07) is 5.17. The smallest absolute Gasteiger partial charge is 0.352 e. The topological polar surface area (TPSA) is 113 Å². The molecule has 10 heteroatoms. The third kappa shape index (κ3) is 3.12. The highest BCUT2D eigenvalue weighted by molar-refractivity contribution is 8.00. The van der Waals surface area contributed by atoms with Gasteiger partial charge in [0.05, 0.1) is 4.92 Å². The predicted octanol–water partition coefficient (Wildman–Crippen LogP) is 1.87. The zero-order chi connectivity index (χ0) is 18.1. The van der Waals surface area contributed by atoms with Gasteiger partial charge in [-0.05, 0) is 11.1 Å². The van der Waals surface area contributed by atoms with Crippen molar-refractivity contribution in [3.63, 3.8) is 0 Å². The first kappa shape index (κ1) is 17.4. The van der Waals surface area contributed by atoms with Gasteiger partial charge in [-0.3, -0.25) is 24.8 Å². The highest BCUT2D eigenvalue weighted by atomic mass is 35.5. The molecule has 2 aliphatic heterocycles. The number of amides is 1. The summed E-state index contributed by atoms with van der Waals surface area (Å²) in [5.41, 5.74) is 0.868. The van der Waals surface area contributed by atoms with Gasteiger partial charge in [-0.25, -0.2) is 4.79 Å². The number of hydrogen-bond acceptors (Lipinski definition) is 6. The van der Waals surface area contributed by atoms with Gasteiger partial charge in [0, 0.05) is 30.0 Å². The molecule has 2 heterocycles. The van der Waals surface area contributed by atoms with Gasteiger partial charge in [0.1, 0.15) is 11.1 Å². The van der Waals surface area contributed by atoms with Gasteiger partial charge in [-0.2, -0.15) is 0 Å². The minimum atomic E-state index is -1.18. The Morgan fingerprint density at radius 1 is 1.56 bits per heavy atom. The third-order valence-corrected chi connectivity index (χ3v) is 5.50. The summed E-state index contributed by atoms with van der Waals surface area (Å²) >= 11 is 7.16. The third-order valence-electron chi connectivity index (χ3n) is 3.85. The Morgan fingerprint density at radius 3 is 2.96 bits per heavy atom. The molecule has 1 saturated heterocycles. The largest absolute Gasteiger partial charge is 0.477 e. The molecule has 1 aromatic rings. The van der Waals surface area contributed by atoms with Crippen molar-refractivity contribution in [3.8, 4) is 0 Å². The minimum Gasteiger partial charge on any atom is -0.477 e. The number of thioether (sulfide) groups is 1. The number of halogens is 1. The first-order valence-corrected chi connectivity index (χ1v) is 8.76. The van der Waals surface area contributed by atoms with Crippen molar-refractivity contribution in [3.05, 3.63) is 51.2 Å². The van der Waals surface area contributed by atoms with E-state index in [1.807, 2.05) is 0 Å². The summed E-state index contributed by atoms with van der Waals surface area (Å²) in [6.07, 6.45) is 1.40. The molecule has 0 spiro atoms. The summed E-state index contributed by atoms with van der Waals surface area (Å²) in [4.78, 5) is 39.4. The first-order chi connectivity index (χ1) is 11.9. The quantitative estimate of drug-likeness (QED) is 0.274. The highest BCUT2D eigenvalue weighted by Crippen LogP contribution is 2.41. The number of aliphatic carboxylic acids is 1. The fourth-order valence-electron chi connectivity index (χ4n) is 2.66. The molecule has 130 valence electrons. The monoisotopic (exact) mass is 381 g/mol. The van der Waals surface area contributed by atoms with Crippen LogP contribution in [-0.4, -0.2) is 56.1 Å². The van der Waals surface area contributed by atoms with Crippen molar-refractivity contribution in [1.29, 1.82) is 0 Å². The average Bonchev–Trinajstić information content (AvgIpc) is 2.60. The van der Waals surface area contributed by atoms with Crippen LogP contribution >= 0.6 is 23.4 Å². The van der Waals surface area contributed by atoms with Gasteiger partial charge >= 0.3 is 5.97 Å². The van der Waals surface area contributed by atoms with Crippen LogP contribution in [0.1, 0.15) is 5.56 Å². The van der Waals surface area contributed by atoms with Gasteiger partial charge in [-0.15, -0.1) is 23.4 Å². The van der Waals surface area contributed by atoms with Crippen molar-refractivity contribution >= 4 is 47.1 Å². The number of carboxylic acids is 1. The van der Waals surface area contributed by atoms with Gasteiger partial charge in [0.25, 0.3) is 11.6 Å². The number of carbonyl (C=O) groups excluding carboxylic acids is 1. The Balaban J connectivity index is 1.80. The molecule has 8 nitrogen and oxygen atoms in total. The summed E-state index contributed by atoms with van der Waals surface area (Å²) in [6.45, 7) is 0. The van der Waals surface area contributed by atoms with Gasteiger partial charge < -0.3 is 5.11 Å². The van der Waals surface area contributed by atoms with Crippen LogP contribution in [0.25, 0.3) is 0 Å². The van der Waals surface area contributed by atoms with Crippen molar-refractivity contribution < 1.29 is 19.6 Å². The molecule has 0 aromatic heterocycles. The van der Waals surface area contributed by atoms with Crippen LogP contribution in [0.4, 0.5) is 5.69 Å². The van der Waals surface area contributed by atoms with E-state index in [-0.39, 0.29) is 17.3 Å². The number of aliphatic imine (C=N–C) groups is 1. The molecule has 1 fully saturated rings. The Kier molecular flexibility index (Phi) is 4.78. The van der Waals surface area contributed by atoms with E-state index in [4.69, 9.17) is 11.6 Å². The fourth-order valence-corrected chi connectivity index (χ4v) is 4.33. The van der Waals surface area contributed by atoms with E-state index >= 15 is 0 Å². The number of carboxylic acid groups (broad SMARTS) is 1. The van der Waals surface area contributed by atoms with Crippen molar-refractivity contribution in [2.24, 2.45) is 4.99 Å². The van der Waals surface area contributed by atoms with E-state index in [0.29, 0.717) is 16.9 Å². The summed E-state index contributed by atoms with van der Waals surface area (Å²) in [5, 5.41) is 19.7. The molecule has 1 amide bonds. The van der Waals surface area contributed by atoms with Gasteiger partial charge in [0.2, 0.25) is 0 Å². The Bertz CT molecular complexity index is 825. The van der Waals surface area contributed by atoms with Crippen LogP contribution in [0.3, 0.4) is 0 Å². The minimum absolute atomic E-state index is 0.0484. The van der Waals surface area contributed by atoms with Crippen LogP contribution in [-0.2, 0) is 9.59 Å². The second-order valence-electron chi connectivity index (χ2n) is 5.38. The first-order valence-electron chi connectivity index (χ1n) is 7.17. The lowest BCUT2D eigenvalue weighted by atomic mass is 10.0. The number of fused-ring (bicyclic) bond motifs is 1. The molecule has 2 atom stereocenters. The summed E-state index contributed by atoms with van der Waals surface area (Å²) in [7, 11) is 0. The second kappa shape index (κ2) is 6.85. The Hall–Kier alpha value is -2.39. The number of alkyl halides is 1. The molecule has 0 bridgehead atoms. The van der Waals surface area contributed by atoms with Crippen LogP contribution in [0.5, 0.6) is 0 Å². The lowest BCUT2D eigenvalue weighted by Gasteiger charge is -2.47. The standard InChI is InChI=1S/C15H12ClN3O5S/c16-5-9-7-25-14-11(13(20)18(14)12(9)15(21)22)17-6-8-2-1-3-10(4-8)19(23)24/h1-4,6,11,14H,5,7H2,(H,21,22)/t11-,14+/m1/s1. The molecule has 1 N–H and O–H groups in total. The highest BCUT2D eigenvalue weighted by Gasteiger charge is 2.53. The fraction of sp³-hybridized carbons (Fsp3) is 0.267. The Morgan fingerprint density at radius 2 is 2.32 bits per heavy atom. The Labute approximate surface area is 151 Å². The SMILES string of the molecule is O=C(O)C1=C(CCl)CS[C@H]2[C@H](N=Cc3cccc([N+](=O)[O-])c3)C(=O)N12. The zero-order valence-electron chi connectivity index (χ0n) is 12.7. The number of rotatable bonds is 5. The number of non-ortho nitro benzene ring substituents is 1. The normalized spacial score (nSPS) is 22.8. The molecule has 2 aliphatic rings. The van der Waals surface area contributed by atoms with Crippen molar-refractivity contribution in [2.75, 3.05) is 11.6 Å². The van der Waals surface area contributed by atoms with E-state index in [1.165, 1.54) is 41.1 Å². The molecular weight excluding hydrogens is 370 g/mol. The molecule has 1 aromatic carbocycles. The summed E-state index contributed by atoms with van der Waals surface area (Å²) in [5.74, 6) is -1.14. The van der Waals surface area contributed by atoms with Crippen LogP contribution in [0.15, 0.2) is 40.5 Å². The lowest BCUT2D eigenvalue weighted by molar-refractivity contribution is -0.384. The number of nitro groups is 1. The lowest BCUT2D eigenvalue weighted by Crippen LogP contribution is -2.64. The van der Waals surface area contributed by atoms with Crippen LogP contribution in [0, 0.1) is 10.1 Å². The maximum atomic E-state index is 12.3. The molecule has 0 radical (unpaired) electrons. The van der Waals surface area contributed by atoms with E-state index < -0.39 is 28.2 Å². The van der Waals surface area contributed by atoms with E-state index in [0.717, 1.165) is 0 Å². The molecule has 0 unspecified atom stereocenters. The maximum Gasteiger partial charge on any atom is 0.352 e.